The topological polar surface area (TPSA) is 43.6 Å². The van der Waals surface area contributed by atoms with Crippen LogP contribution in [-0.4, -0.2) is 19.5 Å². The van der Waals surface area contributed by atoms with Crippen LogP contribution in [0.25, 0.3) is 104 Å². The highest BCUT2D eigenvalue weighted by molar-refractivity contribution is 7.26. The first-order chi connectivity index (χ1) is 29.4. The summed E-state index contributed by atoms with van der Waals surface area (Å²) in [6.45, 7) is 0. The summed E-state index contributed by atoms with van der Waals surface area (Å²) in [7, 11) is 0. The molecule has 0 aliphatic heterocycles. The molecule has 0 amide bonds. The van der Waals surface area contributed by atoms with Gasteiger partial charge >= 0.3 is 0 Å². The van der Waals surface area contributed by atoms with Crippen molar-refractivity contribution in [3.8, 4) is 62.1 Å². The molecule has 11 rings (SSSR count). The molecule has 5 heteroatoms. The van der Waals surface area contributed by atoms with Crippen molar-refractivity contribution in [3.63, 3.8) is 0 Å². The van der Waals surface area contributed by atoms with E-state index in [0.717, 1.165) is 27.8 Å². The molecule has 0 saturated heterocycles. The first-order valence-corrected chi connectivity index (χ1v) is 19.3. The molecular formula is C51H32N4S. The third-order valence-electron chi connectivity index (χ3n) is 10.4. The Morgan fingerprint density at radius 3 is 2.00 bits per heavy atom. The van der Waals surface area contributed by atoms with Crippen LogP contribution in [0.1, 0.15) is 5.48 Å². The van der Waals surface area contributed by atoms with Crippen molar-refractivity contribution in [1.29, 1.82) is 0 Å². The summed E-state index contributed by atoms with van der Waals surface area (Å²) in [5, 5.41) is 3.57. The Labute approximate surface area is 333 Å². The van der Waals surface area contributed by atoms with E-state index in [-0.39, 0.29) is 24.2 Å². The molecule has 3 aromatic heterocycles. The predicted octanol–water partition coefficient (Wildman–Crippen LogP) is 13.7. The van der Waals surface area contributed by atoms with Gasteiger partial charge in [0.2, 0.25) is 0 Å². The van der Waals surface area contributed by atoms with Gasteiger partial charge in [-0.3, -0.25) is 0 Å². The van der Waals surface area contributed by atoms with Gasteiger partial charge < -0.3 is 4.57 Å². The van der Waals surface area contributed by atoms with Crippen LogP contribution in [-0.2, 0) is 0 Å². The van der Waals surface area contributed by atoms with E-state index in [1.54, 1.807) is 23.5 Å². The molecule has 262 valence electrons. The summed E-state index contributed by atoms with van der Waals surface area (Å²) in [5.41, 5.74) is 8.88. The Hall–Kier alpha value is -7.21. The summed E-state index contributed by atoms with van der Waals surface area (Å²) in [5.74, 6) is 1.48. The number of benzene rings is 8. The number of para-hydroxylation sites is 3. The van der Waals surface area contributed by atoms with Crippen LogP contribution >= 0.6 is 11.3 Å². The molecule has 3 heterocycles. The van der Waals surface area contributed by atoms with Crippen LogP contribution < -0.4 is 0 Å². The lowest BCUT2D eigenvalue weighted by Gasteiger charge is -2.14. The van der Waals surface area contributed by atoms with Gasteiger partial charge in [0.15, 0.2) is 17.5 Å². The van der Waals surface area contributed by atoms with Gasteiger partial charge in [0.25, 0.3) is 0 Å². The Morgan fingerprint density at radius 1 is 0.411 bits per heavy atom. The van der Waals surface area contributed by atoms with Gasteiger partial charge in [-0.25, -0.2) is 15.0 Å². The third kappa shape index (κ3) is 5.40. The maximum absolute atomic E-state index is 9.05. The average Bonchev–Trinajstić information content (AvgIpc) is 3.84. The van der Waals surface area contributed by atoms with Crippen molar-refractivity contribution in [3.05, 3.63) is 194 Å². The lowest BCUT2D eigenvalue weighted by molar-refractivity contribution is 1.06. The van der Waals surface area contributed by atoms with Gasteiger partial charge in [0.05, 0.1) is 22.2 Å². The highest BCUT2D eigenvalue weighted by Crippen LogP contribution is 2.42. The van der Waals surface area contributed by atoms with Crippen molar-refractivity contribution in [1.82, 2.24) is 19.5 Å². The van der Waals surface area contributed by atoms with E-state index in [0.29, 0.717) is 45.0 Å². The van der Waals surface area contributed by atoms with Crippen molar-refractivity contribution < 1.29 is 5.48 Å². The quantitative estimate of drug-likeness (QED) is 0.171. The van der Waals surface area contributed by atoms with Crippen LogP contribution in [0, 0.1) is 0 Å². The smallest absolute Gasteiger partial charge is 0.166 e. The second kappa shape index (κ2) is 13.3. The predicted molar refractivity (Wildman–Crippen MR) is 234 cm³/mol. The molecule has 0 spiro atoms. The molecule has 0 aliphatic rings. The Bertz CT molecular complexity index is 3490. The van der Waals surface area contributed by atoms with E-state index in [9.17, 15) is 0 Å². The molecule has 0 saturated carbocycles. The van der Waals surface area contributed by atoms with Gasteiger partial charge in [-0.15, -0.1) is 11.3 Å². The summed E-state index contributed by atoms with van der Waals surface area (Å²) >= 11 is 1.80. The highest BCUT2D eigenvalue weighted by Gasteiger charge is 2.19. The van der Waals surface area contributed by atoms with Gasteiger partial charge in [-0.2, -0.15) is 0 Å². The maximum Gasteiger partial charge on any atom is 0.166 e. The van der Waals surface area contributed by atoms with Crippen LogP contribution in [0.2, 0.25) is 0 Å². The minimum Gasteiger partial charge on any atom is -0.309 e. The van der Waals surface area contributed by atoms with E-state index >= 15 is 0 Å². The zero-order valence-corrected chi connectivity index (χ0v) is 30.7. The lowest BCUT2D eigenvalue weighted by Crippen LogP contribution is -2.03. The van der Waals surface area contributed by atoms with Crippen LogP contribution in [0.15, 0.2) is 194 Å². The SMILES string of the molecule is [2H]c1ccc2c(c1)c1c([2H])c([2H])cc([2H])c1n2-c1ccccc1-c1nc(-c2ccccc2)nc(-c2cccc(-c3cccc4c3sc3ccc(-c5ccccc5)cc34)c2)n1. The molecule has 4 nitrogen and oxygen atoms in total. The highest BCUT2D eigenvalue weighted by atomic mass is 32.1. The molecule has 0 radical (unpaired) electrons. The molecular weight excluding hydrogens is 701 g/mol. The van der Waals surface area contributed by atoms with Crippen LogP contribution in [0.4, 0.5) is 0 Å². The zero-order valence-electron chi connectivity index (χ0n) is 33.9. The monoisotopic (exact) mass is 736 g/mol. The van der Waals surface area contributed by atoms with E-state index in [1.807, 2.05) is 77.4 Å². The van der Waals surface area contributed by atoms with E-state index < -0.39 is 0 Å². The Morgan fingerprint density at radius 2 is 1.12 bits per heavy atom. The number of rotatable bonds is 6. The largest absolute Gasteiger partial charge is 0.309 e. The minimum atomic E-state index is -0.0344. The summed E-state index contributed by atoms with van der Waals surface area (Å²) in [4.78, 5) is 15.4. The van der Waals surface area contributed by atoms with E-state index in [2.05, 4.69) is 78.9 Å². The number of thiophene rings is 1. The lowest BCUT2D eigenvalue weighted by atomic mass is 9.99. The minimum absolute atomic E-state index is 0.0183. The van der Waals surface area contributed by atoms with Crippen molar-refractivity contribution in [2.24, 2.45) is 0 Å². The third-order valence-corrected chi connectivity index (χ3v) is 11.6. The van der Waals surface area contributed by atoms with Gasteiger partial charge in [-0.1, -0.05) is 152 Å². The van der Waals surface area contributed by atoms with Gasteiger partial charge in [0, 0.05) is 47.6 Å². The second-order valence-corrected chi connectivity index (χ2v) is 14.7. The molecule has 8 aromatic carbocycles. The fourth-order valence-electron chi connectivity index (χ4n) is 7.76. The molecule has 0 atom stereocenters. The van der Waals surface area contributed by atoms with Crippen molar-refractivity contribution >= 4 is 53.3 Å². The van der Waals surface area contributed by atoms with Crippen LogP contribution in [0.5, 0.6) is 0 Å². The summed E-state index contributed by atoms with van der Waals surface area (Å²) in [6, 6.07) is 56.9. The van der Waals surface area contributed by atoms with Crippen molar-refractivity contribution in [2.45, 2.75) is 0 Å². The molecule has 56 heavy (non-hydrogen) atoms. The van der Waals surface area contributed by atoms with E-state index in [4.69, 9.17) is 20.4 Å². The normalized spacial score (nSPS) is 12.6. The number of nitrogens with zero attached hydrogens (tertiary/aromatic N) is 4. The average molecular weight is 737 g/mol. The second-order valence-electron chi connectivity index (χ2n) is 13.7. The number of hydrogen-bond acceptors (Lipinski definition) is 4. The fourth-order valence-corrected chi connectivity index (χ4v) is 8.98. The molecule has 0 bridgehead atoms. The molecule has 0 N–H and O–H groups in total. The first-order valence-electron chi connectivity index (χ1n) is 20.4. The van der Waals surface area contributed by atoms with Gasteiger partial charge in [0.1, 0.15) is 0 Å². The standard InChI is InChI=1S/C51H32N4S/c1-3-15-33(16-4-1)35-29-30-47-43(32-35)41-25-14-24-38(48(41)56-47)36-19-13-20-37(31-36)50-52-49(34-17-5-2-6-18-34)53-51(54-50)42-23-9-12-28-46(42)55-44-26-10-7-21-39(44)40-22-8-11-27-45(40)55/h1-32H/i7D,8D,21D,26D. The Kier molecular flexibility index (Phi) is 6.70. The zero-order chi connectivity index (χ0) is 40.5. The maximum atomic E-state index is 9.05. The van der Waals surface area contributed by atoms with E-state index in [1.165, 1.54) is 37.4 Å². The molecule has 0 unspecified atom stereocenters. The molecule has 0 fully saturated rings. The molecule has 0 aliphatic carbocycles. The first kappa shape index (κ1) is 28.3. The van der Waals surface area contributed by atoms with Crippen LogP contribution in [0.3, 0.4) is 0 Å². The summed E-state index contributed by atoms with van der Waals surface area (Å²) < 4.78 is 39.2. The van der Waals surface area contributed by atoms with Crippen molar-refractivity contribution in [2.75, 3.05) is 0 Å². The summed E-state index contributed by atoms with van der Waals surface area (Å²) in [6.07, 6.45) is 0. The molecule has 11 aromatic rings. The fraction of sp³-hybridized carbons (Fsp3) is 0. The Balaban J connectivity index is 1.09. The van der Waals surface area contributed by atoms with Gasteiger partial charge in [-0.05, 0) is 64.7 Å². The number of fused-ring (bicyclic) bond motifs is 6. The number of aromatic nitrogens is 4. The number of hydrogen-bond donors (Lipinski definition) is 0.